The van der Waals surface area contributed by atoms with Crippen LogP contribution >= 0.6 is 15.9 Å². The zero-order valence-corrected chi connectivity index (χ0v) is 17.3. The van der Waals surface area contributed by atoms with Crippen LogP contribution in [-0.4, -0.2) is 57.6 Å². The van der Waals surface area contributed by atoms with Gasteiger partial charge in [0.05, 0.1) is 11.4 Å². The summed E-state index contributed by atoms with van der Waals surface area (Å²) in [5.41, 5.74) is 0.768. The summed E-state index contributed by atoms with van der Waals surface area (Å²) >= 11 is 3.31. The van der Waals surface area contributed by atoms with Gasteiger partial charge in [0, 0.05) is 49.1 Å². The third-order valence-electron chi connectivity index (χ3n) is 4.60. The second-order valence-corrected chi connectivity index (χ2v) is 8.57. The van der Waals surface area contributed by atoms with Gasteiger partial charge in [0.25, 0.3) is 0 Å². The van der Waals surface area contributed by atoms with Crippen LogP contribution in [0.4, 0.5) is 15.3 Å². The number of nitrogens with one attached hydrogen (secondary N) is 1. The molecule has 1 aromatic rings. The molecule has 0 saturated carbocycles. The van der Waals surface area contributed by atoms with Crippen molar-refractivity contribution in [2.24, 2.45) is 5.41 Å². The number of carboxylic acid groups (broad SMARTS) is 1. The molecule has 1 aromatic heterocycles. The van der Waals surface area contributed by atoms with Gasteiger partial charge in [-0.25, -0.2) is 9.59 Å². The van der Waals surface area contributed by atoms with Crippen LogP contribution < -0.4 is 5.32 Å². The Kier molecular flexibility index (Phi) is 7.05. The van der Waals surface area contributed by atoms with Crippen LogP contribution in [0.1, 0.15) is 39.3 Å². The minimum absolute atomic E-state index is 0.0841. The van der Waals surface area contributed by atoms with E-state index in [1.807, 2.05) is 20.8 Å². The number of pyridine rings is 1. The largest absolute Gasteiger partial charge is 0.465 e. The summed E-state index contributed by atoms with van der Waals surface area (Å²) in [4.78, 5) is 29.5. The molecule has 0 aromatic carbocycles. The highest BCUT2D eigenvalue weighted by Crippen LogP contribution is 2.33. The Morgan fingerprint density at radius 2 is 2.15 bits per heavy atom. The van der Waals surface area contributed by atoms with Crippen molar-refractivity contribution in [2.45, 2.75) is 52.2 Å². The number of hydrogen-bond donors (Lipinski definition) is 3. The zero-order chi connectivity index (χ0) is 20.2. The van der Waals surface area contributed by atoms with Crippen LogP contribution in [0.15, 0.2) is 16.7 Å². The topological polar surface area (TPSA) is 112 Å². The minimum atomic E-state index is -0.952. The number of anilines is 1. The van der Waals surface area contributed by atoms with Gasteiger partial charge in [0.1, 0.15) is 6.10 Å². The van der Waals surface area contributed by atoms with E-state index in [-0.39, 0.29) is 24.2 Å². The molecule has 3 N–H and O–H groups in total. The maximum atomic E-state index is 12.4. The van der Waals surface area contributed by atoms with E-state index in [1.165, 1.54) is 4.90 Å². The third-order valence-corrected chi connectivity index (χ3v) is 5.03. The number of aromatic nitrogens is 1. The second kappa shape index (κ2) is 8.88. The van der Waals surface area contributed by atoms with Crippen molar-refractivity contribution in [2.75, 3.05) is 18.5 Å². The number of amides is 2. The molecule has 0 bridgehead atoms. The number of likely N-dealkylation sites (tertiary alicyclic amines) is 1. The minimum Gasteiger partial charge on any atom is -0.465 e. The smallest absolute Gasteiger partial charge is 0.411 e. The lowest BCUT2D eigenvalue weighted by Crippen LogP contribution is -2.53. The Balaban J connectivity index is 2.04. The molecule has 150 valence electrons. The van der Waals surface area contributed by atoms with E-state index in [9.17, 15) is 14.7 Å². The molecule has 9 heteroatoms. The van der Waals surface area contributed by atoms with Gasteiger partial charge < -0.3 is 19.8 Å². The summed E-state index contributed by atoms with van der Waals surface area (Å²) in [5.74, 6) is 0. The predicted octanol–water partition coefficient (Wildman–Crippen LogP) is 3.48. The molecule has 1 saturated heterocycles. The first kappa shape index (κ1) is 21.4. The maximum absolute atomic E-state index is 12.4. The van der Waals surface area contributed by atoms with E-state index in [0.29, 0.717) is 41.7 Å². The molecule has 1 fully saturated rings. The van der Waals surface area contributed by atoms with Crippen LogP contribution in [0.25, 0.3) is 0 Å². The number of nitrogens with zero attached hydrogens (tertiary/aromatic N) is 2. The lowest BCUT2D eigenvalue weighted by Gasteiger charge is -2.44. The number of halogens is 1. The normalized spacial score (nSPS) is 20.3. The van der Waals surface area contributed by atoms with Gasteiger partial charge in [-0.3, -0.25) is 10.3 Å². The molecule has 0 radical (unpaired) electrons. The Hall–Kier alpha value is -1.87. The lowest BCUT2D eigenvalue weighted by molar-refractivity contribution is -0.00186. The van der Waals surface area contributed by atoms with Gasteiger partial charge in [-0.2, -0.15) is 0 Å². The van der Waals surface area contributed by atoms with Crippen molar-refractivity contribution in [1.29, 1.82) is 0 Å². The first-order chi connectivity index (χ1) is 12.6. The molecule has 27 heavy (non-hydrogen) atoms. The first-order valence-electron chi connectivity index (χ1n) is 8.84. The van der Waals surface area contributed by atoms with Crippen molar-refractivity contribution in [1.82, 2.24) is 9.88 Å². The highest BCUT2D eigenvalue weighted by atomic mass is 79.9. The third kappa shape index (κ3) is 5.80. The molecule has 2 rings (SSSR count). The Morgan fingerprint density at radius 3 is 2.74 bits per heavy atom. The fourth-order valence-corrected chi connectivity index (χ4v) is 3.59. The summed E-state index contributed by atoms with van der Waals surface area (Å²) in [7, 11) is 0. The molecular formula is C18H26BrN3O5. The summed E-state index contributed by atoms with van der Waals surface area (Å²) < 4.78 is 6.24. The monoisotopic (exact) mass is 443 g/mol. The average Bonchev–Trinajstić information content (AvgIpc) is 2.56. The molecule has 2 atom stereocenters. The maximum Gasteiger partial charge on any atom is 0.411 e. The van der Waals surface area contributed by atoms with Crippen LogP contribution in [-0.2, 0) is 11.2 Å². The quantitative estimate of drug-likeness (QED) is 0.656. The summed E-state index contributed by atoms with van der Waals surface area (Å²) in [6, 6.07) is 1.46. The number of aliphatic hydroxyl groups excluding tert-OH is 1. The Bertz CT molecular complexity index is 692. The van der Waals surface area contributed by atoms with Crippen LogP contribution in [0.3, 0.4) is 0 Å². The van der Waals surface area contributed by atoms with E-state index in [1.54, 1.807) is 12.3 Å². The fourth-order valence-electron chi connectivity index (χ4n) is 3.26. The van der Waals surface area contributed by atoms with Crippen molar-refractivity contribution in [3.05, 3.63) is 22.4 Å². The van der Waals surface area contributed by atoms with Crippen molar-refractivity contribution in [3.63, 3.8) is 0 Å². The fraction of sp³-hybridized carbons (Fsp3) is 0.611. The number of carbonyl (C=O) groups excluding carboxylic acids is 1. The predicted molar refractivity (Wildman–Crippen MR) is 104 cm³/mol. The van der Waals surface area contributed by atoms with Gasteiger partial charge >= 0.3 is 12.2 Å². The summed E-state index contributed by atoms with van der Waals surface area (Å²) in [6.07, 6.45) is 0.868. The van der Waals surface area contributed by atoms with Crippen molar-refractivity contribution < 1.29 is 24.5 Å². The molecule has 1 aliphatic heterocycles. The second-order valence-electron chi connectivity index (χ2n) is 7.66. The number of ether oxygens (including phenoxy) is 1. The van der Waals surface area contributed by atoms with Crippen LogP contribution in [0.2, 0.25) is 0 Å². The molecule has 2 amide bonds. The lowest BCUT2D eigenvalue weighted by atomic mass is 9.80. The summed E-state index contributed by atoms with van der Waals surface area (Å²) in [6.45, 7) is 6.17. The number of piperidine rings is 1. The van der Waals surface area contributed by atoms with Gasteiger partial charge in [-0.1, -0.05) is 20.8 Å². The van der Waals surface area contributed by atoms with Crippen molar-refractivity contribution >= 4 is 33.8 Å². The van der Waals surface area contributed by atoms with E-state index in [2.05, 4.69) is 26.2 Å². The Labute approximate surface area is 167 Å². The number of rotatable bonds is 4. The molecule has 0 spiro atoms. The highest BCUT2D eigenvalue weighted by molar-refractivity contribution is 9.10. The van der Waals surface area contributed by atoms with Crippen molar-refractivity contribution in [3.8, 4) is 0 Å². The highest BCUT2D eigenvalue weighted by Gasteiger charge is 2.39. The molecule has 8 nitrogen and oxygen atoms in total. The average molecular weight is 444 g/mol. The van der Waals surface area contributed by atoms with E-state index in [0.717, 1.165) is 0 Å². The van der Waals surface area contributed by atoms with E-state index >= 15 is 0 Å². The zero-order valence-electron chi connectivity index (χ0n) is 15.7. The first-order valence-corrected chi connectivity index (χ1v) is 9.63. The molecule has 2 heterocycles. The van der Waals surface area contributed by atoms with Gasteiger partial charge in [-0.05, 0) is 27.4 Å². The Morgan fingerprint density at radius 1 is 1.44 bits per heavy atom. The number of hydrogen-bond acceptors (Lipinski definition) is 5. The molecular weight excluding hydrogens is 418 g/mol. The number of carbonyl (C=O) groups is 2. The van der Waals surface area contributed by atoms with E-state index in [4.69, 9.17) is 9.84 Å². The van der Waals surface area contributed by atoms with E-state index < -0.39 is 12.2 Å². The van der Waals surface area contributed by atoms with Gasteiger partial charge in [0.2, 0.25) is 0 Å². The standard InChI is InChI=1S/C18H26BrN3O5/c1-18(2,3)15-9-12(4-6-22(15)17(25)26)27-16(24)21-14-8-11(19)10-20-13(14)5-7-23/h8,10,12,15,23H,4-7,9H2,1-3H3,(H,21,24)(H,25,26). The molecule has 1 aliphatic rings. The van der Waals surface area contributed by atoms with Crippen LogP contribution in [0, 0.1) is 5.41 Å². The van der Waals surface area contributed by atoms with Gasteiger partial charge in [0.15, 0.2) is 0 Å². The molecule has 0 aliphatic carbocycles. The number of aliphatic hydroxyl groups is 1. The molecule has 2 unspecified atom stereocenters. The van der Waals surface area contributed by atoms with Crippen LogP contribution in [0.5, 0.6) is 0 Å². The van der Waals surface area contributed by atoms with Gasteiger partial charge in [-0.15, -0.1) is 0 Å². The SMILES string of the molecule is CC(C)(C)C1CC(OC(=O)Nc2cc(Br)cnc2CCO)CCN1C(=O)O. The summed E-state index contributed by atoms with van der Waals surface area (Å²) in [5, 5.41) is 21.2.